The van der Waals surface area contributed by atoms with Crippen molar-refractivity contribution >= 4 is 12.1 Å². The number of hydrogen-bond acceptors (Lipinski definition) is 4. The molecule has 1 N–H and O–H groups in total. The SMILES string of the molecule is CC(C)(C)OC(=O)C[C@@H](Cc1ccccc1)NC(=O)OCc1ccccc1. The largest absolute Gasteiger partial charge is 0.460 e. The van der Waals surface area contributed by atoms with Gasteiger partial charge >= 0.3 is 12.1 Å². The molecule has 5 nitrogen and oxygen atoms in total. The highest BCUT2D eigenvalue weighted by Gasteiger charge is 2.22. The number of hydrogen-bond donors (Lipinski definition) is 1. The summed E-state index contributed by atoms with van der Waals surface area (Å²) in [6, 6.07) is 18.7. The normalized spacial score (nSPS) is 12.1. The van der Waals surface area contributed by atoms with Gasteiger partial charge in [0.2, 0.25) is 0 Å². The fourth-order valence-corrected chi connectivity index (χ4v) is 2.59. The number of carbonyl (C=O) groups is 2. The Labute approximate surface area is 160 Å². The number of benzene rings is 2. The predicted octanol–water partition coefficient (Wildman–Crippen LogP) is 4.26. The van der Waals surface area contributed by atoms with E-state index >= 15 is 0 Å². The first-order chi connectivity index (χ1) is 12.8. The highest BCUT2D eigenvalue weighted by Crippen LogP contribution is 2.12. The molecule has 1 amide bonds. The van der Waals surface area contributed by atoms with Crippen molar-refractivity contribution < 1.29 is 19.1 Å². The van der Waals surface area contributed by atoms with Crippen LogP contribution in [-0.2, 0) is 27.3 Å². The molecule has 0 unspecified atom stereocenters. The van der Waals surface area contributed by atoms with Crippen molar-refractivity contribution in [3.63, 3.8) is 0 Å². The Bertz CT molecular complexity index is 723. The molecule has 0 fully saturated rings. The highest BCUT2D eigenvalue weighted by molar-refractivity contribution is 5.73. The molecule has 0 radical (unpaired) electrons. The molecule has 0 saturated carbocycles. The molecule has 0 aliphatic heterocycles. The van der Waals surface area contributed by atoms with Gasteiger partial charge in [-0.25, -0.2) is 4.79 Å². The summed E-state index contributed by atoms with van der Waals surface area (Å²) in [5.74, 6) is -0.355. The summed E-state index contributed by atoms with van der Waals surface area (Å²) in [5.41, 5.74) is 1.36. The molecule has 27 heavy (non-hydrogen) atoms. The van der Waals surface area contributed by atoms with Crippen LogP contribution in [0.15, 0.2) is 60.7 Å². The summed E-state index contributed by atoms with van der Waals surface area (Å²) in [6.45, 7) is 5.63. The lowest BCUT2D eigenvalue weighted by molar-refractivity contribution is -0.155. The van der Waals surface area contributed by atoms with Gasteiger partial charge in [-0.3, -0.25) is 4.79 Å². The molecule has 2 rings (SSSR count). The fourth-order valence-electron chi connectivity index (χ4n) is 2.59. The van der Waals surface area contributed by atoms with Gasteiger partial charge < -0.3 is 14.8 Å². The predicted molar refractivity (Wildman–Crippen MR) is 104 cm³/mol. The zero-order valence-electron chi connectivity index (χ0n) is 16.1. The van der Waals surface area contributed by atoms with Crippen molar-refractivity contribution in [2.75, 3.05) is 0 Å². The van der Waals surface area contributed by atoms with Crippen LogP contribution in [-0.4, -0.2) is 23.7 Å². The third kappa shape index (κ3) is 8.40. The maximum absolute atomic E-state index is 12.2. The second-order valence-corrected chi connectivity index (χ2v) is 7.38. The van der Waals surface area contributed by atoms with E-state index in [1.807, 2.05) is 81.4 Å². The summed E-state index contributed by atoms with van der Waals surface area (Å²) >= 11 is 0. The molecule has 0 bridgehead atoms. The van der Waals surface area contributed by atoms with Gasteiger partial charge in [0, 0.05) is 6.04 Å². The van der Waals surface area contributed by atoms with Gasteiger partial charge in [0.1, 0.15) is 12.2 Å². The number of ether oxygens (including phenoxy) is 2. The Morgan fingerprint density at radius 2 is 1.48 bits per heavy atom. The average molecular weight is 369 g/mol. The van der Waals surface area contributed by atoms with Crippen LogP contribution in [0.1, 0.15) is 38.3 Å². The molecule has 5 heteroatoms. The van der Waals surface area contributed by atoms with Crippen LogP contribution in [0.4, 0.5) is 4.79 Å². The molecule has 2 aromatic rings. The molecule has 0 aromatic heterocycles. The second kappa shape index (κ2) is 9.76. The Kier molecular flexibility index (Phi) is 7.41. The van der Waals surface area contributed by atoms with Crippen LogP contribution in [0.2, 0.25) is 0 Å². The van der Waals surface area contributed by atoms with Crippen molar-refractivity contribution in [2.45, 2.75) is 51.9 Å². The van der Waals surface area contributed by atoms with Crippen LogP contribution < -0.4 is 5.32 Å². The van der Waals surface area contributed by atoms with Gasteiger partial charge in [-0.1, -0.05) is 60.7 Å². The number of carbonyl (C=O) groups excluding carboxylic acids is 2. The van der Waals surface area contributed by atoms with E-state index in [9.17, 15) is 9.59 Å². The topological polar surface area (TPSA) is 64.6 Å². The van der Waals surface area contributed by atoms with Crippen molar-refractivity contribution in [1.29, 1.82) is 0 Å². The summed E-state index contributed by atoms with van der Waals surface area (Å²) < 4.78 is 10.7. The smallest absolute Gasteiger partial charge is 0.407 e. The third-order valence-corrected chi connectivity index (χ3v) is 3.69. The summed E-state index contributed by atoms with van der Waals surface area (Å²) in [7, 11) is 0. The first-order valence-electron chi connectivity index (χ1n) is 9.05. The van der Waals surface area contributed by atoms with E-state index in [0.29, 0.717) is 6.42 Å². The molecule has 0 saturated heterocycles. The van der Waals surface area contributed by atoms with E-state index in [1.54, 1.807) is 0 Å². The zero-order chi connectivity index (χ0) is 19.7. The summed E-state index contributed by atoms with van der Waals surface area (Å²) in [5, 5.41) is 2.79. The Morgan fingerprint density at radius 3 is 2.04 bits per heavy atom. The van der Waals surface area contributed by atoms with E-state index in [-0.39, 0.29) is 19.0 Å². The first kappa shape index (κ1) is 20.5. The lowest BCUT2D eigenvalue weighted by Gasteiger charge is -2.23. The van der Waals surface area contributed by atoms with Crippen LogP contribution in [0.25, 0.3) is 0 Å². The van der Waals surface area contributed by atoms with Crippen LogP contribution in [0.5, 0.6) is 0 Å². The maximum Gasteiger partial charge on any atom is 0.407 e. The van der Waals surface area contributed by atoms with E-state index in [0.717, 1.165) is 11.1 Å². The second-order valence-electron chi connectivity index (χ2n) is 7.38. The van der Waals surface area contributed by atoms with Crippen LogP contribution in [0.3, 0.4) is 0 Å². The number of esters is 1. The minimum atomic E-state index is -0.567. The number of alkyl carbamates (subject to hydrolysis) is 1. The maximum atomic E-state index is 12.2. The van der Waals surface area contributed by atoms with Crippen molar-refractivity contribution in [2.24, 2.45) is 0 Å². The molecule has 144 valence electrons. The molecule has 2 aromatic carbocycles. The Morgan fingerprint density at radius 1 is 0.926 bits per heavy atom. The lowest BCUT2D eigenvalue weighted by Crippen LogP contribution is -2.39. The Hall–Kier alpha value is -2.82. The van der Waals surface area contributed by atoms with E-state index in [2.05, 4.69) is 5.32 Å². The van der Waals surface area contributed by atoms with Crippen molar-refractivity contribution in [3.05, 3.63) is 71.8 Å². The van der Waals surface area contributed by atoms with E-state index in [1.165, 1.54) is 0 Å². The first-order valence-corrected chi connectivity index (χ1v) is 9.05. The van der Waals surface area contributed by atoms with E-state index in [4.69, 9.17) is 9.47 Å². The minimum absolute atomic E-state index is 0.0760. The zero-order valence-corrected chi connectivity index (χ0v) is 16.1. The van der Waals surface area contributed by atoms with Crippen LogP contribution >= 0.6 is 0 Å². The van der Waals surface area contributed by atoms with Gasteiger partial charge in [-0.2, -0.15) is 0 Å². The quantitative estimate of drug-likeness (QED) is 0.741. The molecule has 1 atom stereocenters. The van der Waals surface area contributed by atoms with Crippen molar-refractivity contribution in [3.8, 4) is 0 Å². The number of rotatable bonds is 7. The van der Waals surface area contributed by atoms with E-state index < -0.39 is 17.7 Å². The van der Waals surface area contributed by atoms with Gasteiger partial charge in [0.05, 0.1) is 6.42 Å². The monoisotopic (exact) mass is 369 g/mol. The van der Waals surface area contributed by atoms with Gasteiger partial charge in [-0.15, -0.1) is 0 Å². The third-order valence-electron chi connectivity index (χ3n) is 3.69. The van der Waals surface area contributed by atoms with Gasteiger partial charge in [0.25, 0.3) is 0 Å². The Balaban J connectivity index is 1.95. The van der Waals surface area contributed by atoms with Crippen molar-refractivity contribution in [1.82, 2.24) is 5.32 Å². The lowest BCUT2D eigenvalue weighted by atomic mass is 10.0. The summed E-state index contributed by atoms with van der Waals surface area (Å²) in [6.07, 6.45) is 0.0379. The number of nitrogens with one attached hydrogen (secondary N) is 1. The molecular weight excluding hydrogens is 342 g/mol. The molecule has 0 spiro atoms. The highest BCUT2D eigenvalue weighted by atomic mass is 16.6. The molecule has 0 aliphatic carbocycles. The van der Waals surface area contributed by atoms with Gasteiger partial charge in [-0.05, 0) is 38.3 Å². The number of amides is 1. The minimum Gasteiger partial charge on any atom is -0.460 e. The van der Waals surface area contributed by atoms with Crippen LogP contribution in [0, 0.1) is 0 Å². The standard InChI is InChI=1S/C22H27NO4/c1-22(2,3)27-20(24)15-19(14-17-10-6-4-7-11-17)23-21(25)26-16-18-12-8-5-9-13-18/h4-13,19H,14-16H2,1-3H3,(H,23,25)/t19-/m1/s1. The van der Waals surface area contributed by atoms with Gasteiger partial charge in [0.15, 0.2) is 0 Å². The molecule has 0 aliphatic rings. The molecular formula is C22H27NO4. The average Bonchev–Trinajstić information content (AvgIpc) is 2.60. The fraction of sp³-hybridized carbons (Fsp3) is 0.364. The molecule has 0 heterocycles. The summed E-state index contributed by atoms with van der Waals surface area (Å²) in [4.78, 5) is 24.4.